The summed E-state index contributed by atoms with van der Waals surface area (Å²) in [6.45, 7) is 0.404. The van der Waals surface area contributed by atoms with E-state index in [1.54, 1.807) is 0 Å². The molecule has 0 aromatic rings. The summed E-state index contributed by atoms with van der Waals surface area (Å²) in [5.41, 5.74) is 5.26. The molecule has 0 aliphatic carbocycles. The van der Waals surface area contributed by atoms with Gasteiger partial charge < -0.3 is 20.8 Å². The summed E-state index contributed by atoms with van der Waals surface area (Å²) in [6, 6.07) is -0.842. The zero-order chi connectivity index (χ0) is 11.1. The Morgan fingerprint density at radius 2 is 1.93 bits per heavy atom. The molecule has 6 nitrogen and oxygen atoms in total. The van der Waals surface area contributed by atoms with Gasteiger partial charge in [-0.25, -0.2) is 4.79 Å². The van der Waals surface area contributed by atoms with Crippen molar-refractivity contribution in [3.8, 4) is 0 Å². The summed E-state index contributed by atoms with van der Waals surface area (Å²) >= 11 is 0. The van der Waals surface area contributed by atoms with Gasteiger partial charge in [0, 0.05) is 13.6 Å². The minimum atomic E-state index is -1.02. The lowest BCUT2D eigenvalue weighted by Crippen LogP contribution is -2.30. The number of aliphatic carboxylic acids is 1. The normalized spacial score (nSPS) is 12.1. The van der Waals surface area contributed by atoms with Crippen molar-refractivity contribution in [3.05, 3.63) is 0 Å². The first kappa shape index (κ1) is 12.7. The Morgan fingerprint density at radius 1 is 1.36 bits per heavy atom. The van der Waals surface area contributed by atoms with Crippen LogP contribution in [0.15, 0.2) is 0 Å². The Labute approximate surface area is 82.3 Å². The van der Waals surface area contributed by atoms with E-state index in [1.807, 2.05) is 0 Å². The maximum absolute atomic E-state index is 10.3. The van der Waals surface area contributed by atoms with E-state index < -0.39 is 18.1 Å². The van der Waals surface area contributed by atoms with Gasteiger partial charge in [-0.2, -0.15) is 0 Å². The number of unbranched alkanes of at least 4 members (excludes halogenated alkanes) is 1. The number of hydrogen-bond acceptors (Lipinski definition) is 3. The molecule has 0 bridgehead atoms. The Hall–Kier alpha value is -1.30. The van der Waals surface area contributed by atoms with Crippen LogP contribution in [0.1, 0.15) is 19.3 Å². The number of rotatable bonds is 6. The van der Waals surface area contributed by atoms with Crippen molar-refractivity contribution in [1.82, 2.24) is 4.90 Å². The largest absolute Gasteiger partial charge is 0.480 e. The molecule has 0 aromatic heterocycles. The monoisotopic (exact) mass is 204 g/mol. The van der Waals surface area contributed by atoms with Gasteiger partial charge in [0.15, 0.2) is 0 Å². The standard InChI is InChI=1S/C8H16N2O4/c1-10(8(13)14)5-3-2-4-6(9)7(11)12/h6H,2-5,9H2,1H3,(H,11,12)(H,13,14). The average molecular weight is 204 g/mol. The molecule has 0 aromatic carbocycles. The fraction of sp³-hybridized carbons (Fsp3) is 0.750. The molecule has 1 amide bonds. The molecule has 0 spiro atoms. The maximum Gasteiger partial charge on any atom is 0.407 e. The first-order valence-corrected chi connectivity index (χ1v) is 4.37. The average Bonchev–Trinajstić information content (AvgIpc) is 2.11. The SMILES string of the molecule is CN(CCCCC(N)C(=O)O)C(=O)O. The van der Waals surface area contributed by atoms with Gasteiger partial charge >= 0.3 is 12.1 Å². The van der Waals surface area contributed by atoms with E-state index in [9.17, 15) is 9.59 Å². The van der Waals surface area contributed by atoms with Gasteiger partial charge in [0.25, 0.3) is 0 Å². The fourth-order valence-electron chi connectivity index (χ4n) is 0.932. The lowest BCUT2D eigenvalue weighted by atomic mass is 10.1. The molecular weight excluding hydrogens is 188 g/mol. The van der Waals surface area contributed by atoms with Gasteiger partial charge in [-0.3, -0.25) is 4.79 Å². The molecule has 0 rings (SSSR count). The fourth-order valence-corrected chi connectivity index (χ4v) is 0.932. The second-order valence-corrected chi connectivity index (χ2v) is 3.14. The second kappa shape index (κ2) is 6.20. The Kier molecular flexibility index (Phi) is 5.62. The molecule has 0 aliphatic rings. The van der Waals surface area contributed by atoms with Crippen molar-refractivity contribution in [1.29, 1.82) is 0 Å². The zero-order valence-corrected chi connectivity index (χ0v) is 8.14. The van der Waals surface area contributed by atoms with Crippen molar-refractivity contribution >= 4 is 12.1 Å². The van der Waals surface area contributed by atoms with E-state index in [1.165, 1.54) is 7.05 Å². The highest BCUT2D eigenvalue weighted by atomic mass is 16.4. The third kappa shape index (κ3) is 5.36. The molecule has 1 unspecified atom stereocenters. The molecule has 0 fully saturated rings. The molecule has 0 heterocycles. The van der Waals surface area contributed by atoms with Crippen LogP contribution in [0.4, 0.5) is 4.79 Å². The van der Waals surface area contributed by atoms with E-state index in [4.69, 9.17) is 15.9 Å². The van der Waals surface area contributed by atoms with Crippen LogP contribution in [-0.2, 0) is 4.79 Å². The number of hydrogen-bond donors (Lipinski definition) is 3. The zero-order valence-electron chi connectivity index (χ0n) is 8.14. The first-order valence-electron chi connectivity index (χ1n) is 4.37. The topological polar surface area (TPSA) is 104 Å². The van der Waals surface area contributed by atoms with Gasteiger partial charge in [-0.15, -0.1) is 0 Å². The van der Waals surface area contributed by atoms with E-state index in [0.29, 0.717) is 25.8 Å². The van der Waals surface area contributed by atoms with Gasteiger partial charge in [-0.05, 0) is 19.3 Å². The molecule has 0 saturated carbocycles. The lowest BCUT2D eigenvalue weighted by Gasteiger charge is -2.12. The van der Waals surface area contributed by atoms with E-state index in [0.717, 1.165) is 4.90 Å². The van der Waals surface area contributed by atoms with E-state index in [-0.39, 0.29) is 0 Å². The summed E-state index contributed by atoms with van der Waals surface area (Å²) in [5.74, 6) is -1.02. The predicted octanol–water partition coefficient (Wildman–Crippen LogP) is 0.178. The number of carboxylic acids is 1. The predicted molar refractivity (Wildman–Crippen MR) is 50.1 cm³/mol. The van der Waals surface area contributed by atoms with Crippen molar-refractivity contribution in [2.45, 2.75) is 25.3 Å². The van der Waals surface area contributed by atoms with Crippen molar-refractivity contribution < 1.29 is 19.8 Å². The van der Waals surface area contributed by atoms with Crippen LogP contribution in [0.25, 0.3) is 0 Å². The Bertz CT molecular complexity index is 186. The third-order valence-corrected chi connectivity index (χ3v) is 1.90. The molecular formula is C8H16N2O4. The number of carbonyl (C=O) groups is 2. The summed E-state index contributed by atoms with van der Waals surface area (Å²) in [4.78, 5) is 21.8. The minimum Gasteiger partial charge on any atom is -0.480 e. The summed E-state index contributed by atoms with van der Waals surface area (Å²) in [7, 11) is 1.47. The van der Waals surface area contributed by atoms with Gasteiger partial charge in [0.1, 0.15) is 6.04 Å². The molecule has 14 heavy (non-hydrogen) atoms. The van der Waals surface area contributed by atoms with Crippen LogP contribution >= 0.6 is 0 Å². The first-order chi connectivity index (χ1) is 6.45. The van der Waals surface area contributed by atoms with Crippen LogP contribution in [0.5, 0.6) is 0 Å². The second-order valence-electron chi connectivity index (χ2n) is 3.14. The maximum atomic E-state index is 10.3. The molecule has 1 atom stereocenters. The molecule has 6 heteroatoms. The van der Waals surface area contributed by atoms with E-state index >= 15 is 0 Å². The van der Waals surface area contributed by atoms with Crippen LogP contribution in [0.3, 0.4) is 0 Å². The molecule has 0 radical (unpaired) electrons. The van der Waals surface area contributed by atoms with Crippen molar-refractivity contribution in [2.24, 2.45) is 5.73 Å². The summed E-state index contributed by atoms with van der Waals surface area (Å²) in [5, 5.41) is 16.9. The Morgan fingerprint density at radius 3 is 2.36 bits per heavy atom. The number of nitrogens with two attached hydrogens (primary N) is 1. The summed E-state index contributed by atoms with van der Waals surface area (Å²) in [6.07, 6.45) is 0.644. The number of amides is 1. The number of carboxylic acid groups (broad SMARTS) is 2. The highest BCUT2D eigenvalue weighted by Crippen LogP contribution is 2.00. The van der Waals surface area contributed by atoms with Crippen LogP contribution in [0, 0.1) is 0 Å². The lowest BCUT2D eigenvalue weighted by molar-refractivity contribution is -0.138. The minimum absolute atomic E-state index is 0.378. The van der Waals surface area contributed by atoms with Crippen LogP contribution < -0.4 is 5.73 Å². The highest BCUT2D eigenvalue weighted by molar-refractivity contribution is 5.72. The van der Waals surface area contributed by atoms with Crippen molar-refractivity contribution in [3.63, 3.8) is 0 Å². The quantitative estimate of drug-likeness (QED) is 0.535. The van der Waals surface area contributed by atoms with Gasteiger partial charge in [0.2, 0.25) is 0 Å². The highest BCUT2D eigenvalue weighted by Gasteiger charge is 2.11. The summed E-state index contributed by atoms with van der Waals surface area (Å²) < 4.78 is 0. The van der Waals surface area contributed by atoms with Crippen LogP contribution in [-0.4, -0.2) is 46.8 Å². The van der Waals surface area contributed by atoms with E-state index in [2.05, 4.69) is 0 Å². The smallest absolute Gasteiger partial charge is 0.407 e. The van der Waals surface area contributed by atoms with Crippen LogP contribution in [0.2, 0.25) is 0 Å². The Balaban J connectivity index is 3.47. The van der Waals surface area contributed by atoms with Gasteiger partial charge in [0.05, 0.1) is 0 Å². The molecule has 0 saturated heterocycles. The number of nitrogens with zero attached hydrogens (tertiary/aromatic N) is 1. The molecule has 0 aliphatic heterocycles. The third-order valence-electron chi connectivity index (χ3n) is 1.90. The van der Waals surface area contributed by atoms with Crippen molar-refractivity contribution in [2.75, 3.05) is 13.6 Å². The molecule has 82 valence electrons. The van der Waals surface area contributed by atoms with Gasteiger partial charge in [-0.1, -0.05) is 0 Å². The molecule has 4 N–H and O–H groups in total.